The molecule has 1 aliphatic rings. The number of hydrogen-bond donors (Lipinski definition) is 2. The Labute approximate surface area is 162 Å². The van der Waals surface area contributed by atoms with Gasteiger partial charge in [0.05, 0.1) is 22.5 Å². The quantitative estimate of drug-likeness (QED) is 0.524. The minimum absolute atomic E-state index is 0.379. The van der Waals surface area contributed by atoms with Gasteiger partial charge in [0.1, 0.15) is 5.76 Å². The molecule has 1 amide bonds. The van der Waals surface area contributed by atoms with Crippen molar-refractivity contribution in [1.82, 2.24) is 9.72 Å². The third kappa shape index (κ3) is 2.34. The van der Waals surface area contributed by atoms with E-state index in [1.54, 1.807) is 0 Å². The van der Waals surface area contributed by atoms with Crippen LogP contribution in [0.3, 0.4) is 0 Å². The zero-order valence-corrected chi connectivity index (χ0v) is 16.0. The van der Waals surface area contributed by atoms with Crippen LogP contribution in [-0.4, -0.2) is 15.6 Å². The number of nitrogens with zero attached hydrogens (tertiary/aromatic N) is 2. The first kappa shape index (κ1) is 16.9. The Kier molecular flexibility index (Phi) is 3.53. The number of primary amides is 1. The summed E-state index contributed by atoms with van der Waals surface area (Å²) in [5.41, 5.74) is 17.4. The van der Waals surface area contributed by atoms with E-state index < -0.39 is 5.91 Å². The predicted octanol–water partition coefficient (Wildman–Crippen LogP) is 4.16. The van der Waals surface area contributed by atoms with Crippen molar-refractivity contribution in [3.05, 3.63) is 47.3 Å². The lowest BCUT2D eigenvalue weighted by Gasteiger charge is -2.14. The molecule has 0 spiro atoms. The number of nitrogen functional groups attached to an aromatic ring is 1. The highest BCUT2D eigenvalue weighted by Crippen LogP contribution is 2.43. The van der Waals surface area contributed by atoms with Crippen LogP contribution in [0.2, 0.25) is 0 Å². The predicted molar refractivity (Wildman–Crippen MR) is 110 cm³/mol. The van der Waals surface area contributed by atoms with Crippen LogP contribution in [0.15, 0.2) is 34.9 Å². The maximum Gasteiger partial charge on any atom is 0.252 e. The lowest BCUT2D eigenvalue weighted by atomic mass is 9.95. The summed E-state index contributed by atoms with van der Waals surface area (Å²) in [7, 11) is 0. The topological polar surface area (TPSA) is 100 Å². The summed E-state index contributed by atoms with van der Waals surface area (Å²) in [6, 6.07) is 10.3. The first-order valence-electron chi connectivity index (χ1n) is 9.53. The van der Waals surface area contributed by atoms with Gasteiger partial charge in [-0.15, -0.1) is 0 Å². The zero-order chi connectivity index (χ0) is 19.6. The monoisotopic (exact) mass is 374 g/mol. The minimum Gasteiger partial charge on any atom is -0.398 e. The van der Waals surface area contributed by atoms with Gasteiger partial charge < -0.3 is 20.6 Å². The van der Waals surface area contributed by atoms with Gasteiger partial charge in [-0.3, -0.25) is 4.79 Å². The number of carbonyl (C=O) groups excluding carboxylic acids is 1. The molecule has 0 atom stereocenters. The van der Waals surface area contributed by atoms with Crippen molar-refractivity contribution < 1.29 is 9.32 Å². The molecule has 6 nitrogen and oxygen atoms in total. The number of carbonyl (C=O) groups is 1. The number of aryl methyl sites for hydroxylation is 2. The van der Waals surface area contributed by atoms with Gasteiger partial charge in [0.15, 0.2) is 0 Å². The molecule has 6 heteroatoms. The van der Waals surface area contributed by atoms with E-state index >= 15 is 0 Å². The van der Waals surface area contributed by atoms with Gasteiger partial charge in [-0.2, -0.15) is 0 Å². The highest BCUT2D eigenvalue weighted by Gasteiger charge is 2.28. The molecule has 0 radical (unpaired) electrons. The van der Waals surface area contributed by atoms with E-state index in [2.05, 4.69) is 27.9 Å². The summed E-state index contributed by atoms with van der Waals surface area (Å²) in [4.78, 5) is 12.5. The lowest BCUT2D eigenvalue weighted by Crippen LogP contribution is -2.17. The Morgan fingerprint density at radius 2 is 2.00 bits per heavy atom. The Hall–Kier alpha value is -3.28. The fourth-order valence-electron chi connectivity index (χ4n) is 4.30. The normalized spacial score (nSPS) is 14.2. The van der Waals surface area contributed by atoms with E-state index in [1.807, 2.05) is 26.0 Å². The highest BCUT2D eigenvalue weighted by molar-refractivity contribution is 6.20. The third-order valence-electron chi connectivity index (χ3n) is 5.78. The minimum atomic E-state index is -0.518. The van der Waals surface area contributed by atoms with Crippen LogP contribution in [0, 0.1) is 19.8 Å². The summed E-state index contributed by atoms with van der Waals surface area (Å²) < 4.78 is 7.56. The number of nitrogens with two attached hydrogens (primary N) is 2. The molecule has 2 heterocycles. The number of benzene rings is 2. The van der Waals surface area contributed by atoms with Gasteiger partial charge in [-0.1, -0.05) is 23.4 Å². The molecule has 4 N–H and O–H groups in total. The number of anilines is 1. The van der Waals surface area contributed by atoms with Crippen LogP contribution in [-0.2, 0) is 6.54 Å². The molecule has 1 fully saturated rings. The van der Waals surface area contributed by atoms with Gasteiger partial charge in [-0.05, 0) is 44.7 Å². The molecule has 2 aromatic carbocycles. The van der Waals surface area contributed by atoms with E-state index in [0.29, 0.717) is 22.9 Å². The number of hydrogen-bond acceptors (Lipinski definition) is 4. The molecule has 2 aromatic heterocycles. The van der Waals surface area contributed by atoms with Crippen molar-refractivity contribution in [3.8, 4) is 11.1 Å². The Morgan fingerprint density at radius 1 is 1.25 bits per heavy atom. The smallest absolute Gasteiger partial charge is 0.252 e. The van der Waals surface area contributed by atoms with Crippen molar-refractivity contribution in [2.75, 3.05) is 5.73 Å². The fraction of sp³-hybridized carbons (Fsp3) is 0.273. The first-order valence-corrected chi connectivity index (χ1v) is 9.53. The molecule has 0 aliphatic heterocycles. The average molecular weight is 374 g/mol. The summed E-state index contributed by atoms with van der Waals surface area (Å²) in [6.45, 7) is 4.59. The van der Waals surface area contributed by atoms with E-state index in [4.69, 9.17) is 16.0 Å². The molecule has 1 saturated carbocycles. The van der Waals surface area contributed by atoms with Crippen molar-refractivity contribution in [2.45, 2.75) is 33.2 Å². The molecule has 0 saturated heterocycles. The van der Waals surface area contributed by atoms with E-state index in [1.165, 1.54) is 12.8 Å². The molecule has 1 aliphatic carbocycles. The lowest BCUT2D eigenvalue weighted by molar-refractivity contribution is 0.100. The first-order chi connectivity index (χ1) is 13.5. The average Bonchev–Trinajstić information content (AvgIpc) is 3.36. The largest absolute Gasteiger partial charge is 0.398 e. The zero-order valence-electron chi connectivity index (χ0n) is 16.0. The maximum atomic E-state index is 12.5. The second kappa shape index (κ2) is 5.86. The van der Waals surface area contributed by atoms with Crippen LogP contribution >= 0.6 is 0 Å². The van der Waals surface area contributed by atoms with Crippen molar-refractivity contribution >= 4 is 33.4 Å². The molecule has 4 aromatic rings. The molecule has 28 heavy (non-hydrogen) atoms. The van der Waals surface area contributed by atoms with Crippen LogP contribution in [0.5, 0.6) is 0 Å². The van der Waals surface area contributed by atoms with E-state index in [-0.39, 0.29) is 0 Å². The van der Waals surface area contributed by atoms with Gasteiger partial charge in [0, 0.05) is 34.0 Å². The molecule has 5 rings (SSSR count). The van der Waals surface area contributed by atoms with Gasteiger partial charge >= 0.3 is 0 Å². The Balaban J connectivity index is 1.95. The highest BCUT2D eigenvalue weighted by atomic mass is 16.5. The van der Waals surface area contributed by atoms with E-state index in [9.17, 15) is 4.79 Å². The molecular weight excluding hydrogens is 352 g/mol. The number of aromatic nitrogens is 2. The van der Waals surface area contributed by atoms with E-state index in [0.717, 1.165) is 45.2 Å². The number of rotatable bonds is 4. The maximum absolute atomic E-state index is 12.5. The standard InChI is InChI=1S/C22H22N4O2/c1-11-18(12(2)28-25-11)16-9-15-14-5-3-4-6-17(14)26(10-13-7-8-13)21(15)19(20(16)23)22(24)27/h3-6,9,13H,7-8,10,23H2,1-2H3,(H2,24,27). The SMILES string of the molecule is Cc1noc(C)c1-c1cc2c3ccccc3n(CC3CC3)c2c(C(N)=O)c1N. The summed E-state index contributed by atoms with van der Waals surface area (Å²) in [6.07, 6.45) is 2.43. The number of amides is 1. The molecule has 142 valence electrons. The van der Waals surface area contributed by atoms with Crippen molar-refractivity contribution in [1.29, 1.82) is 0 Å². The second-order valence-corrected chi connectivity index (χ2v) is 7.74. The van der Waals surface area contributed by atoms with Crippen LogP contribution in [0.4, 0.5) is 5.69 Å². The van der Waals surface area contributed by atoms with Gasteiger partial charge in [0.2, 0.25) is 0 Å². The van der Waals surface area contributed by atoms with Crippen molar-refractivity contribution in [3.63, 3.8) is 0 Å². The number of fused-ring (bicyclic) bond motifs is 3. The molecule has 0 unspecified atom stereocenters. The fourth-order valence-corrected chi connectivity index (χ4v) is 4.30. The molecular formula is C22H22N4O2. The van der Waals surface area contributed by atoms with Crippen molar-refractivity contribution in [2.24, 2.45) is 11.7 Å². The van der Waals surface area contributed by atoms with Crippen LogP contribution in [0.1, 0.15) is 34.7 Å². The Bertz CT molecular complexity index is 1240. The van der Waals surface area contributed by atoms with Crippen LogP contribution < -0.4 is 11.5 Å². The summed E-state index contributed by atoms with van der Waals surface area (Å²) in [5, 5.41) is 6.12. The summed E-state index contributed by atoms with van der Waals surface area (Å²) >= 11 is 0. The summed E-state index contributed by atoms with van der Waals surface area (Å²) in [5.74, 6) is 0.792. The Morgan fingerprint density at radius 3 is 2.64 bits per heavy atom. The third-order valence-corrected chi connectivity index (χ3v) is 5.78. The van der Waals surface area contributed by atoms with Gasteiger partial charge in [0.25, 0.3) is 5.91 Å². The number of para-hydroxylation sites is 1. The van der Waals surface area contributed by atoms with Gasteiger partial charge in [-0.25, -0.2) is 0 Å². The molecule has 0 bridgehead atoms. The second-order valence-electron chi connectivity index (χ2n) is 7.74. The van der Waals surface area contributed by atoms with Crippen LogP contribution in [0.25, 0.3) is 32.9 Å².